The summed E-state index contributed by atoms with van der Waals surface area (Å²) in [7, 11) is 1.64. The third-order valence-electron chi connectivity index (χ3n) is 5.45. The maximum absolute atomic E-state index is 12.8. The van der Waals surface area contributed by atoms with Crippen molar-refractivity contribution in [2.75, 3.05) is 26.8 Å². The molecule has 2 aromatic carbocycles. The van der Waals surface area contributed by atoms with Crippen LogP contribution >= 0.6 is 0 Å². The van der Waals surface area contributed by atoms with Crippen LogP contribution in [0.25, 0.3) is 0 Å². The molecule has 1 amide bonds. The maximum atomic E-state index is 12.8. The molecule has 3 rings (SSSR count). The second-order valence-corrected chi connectivity index (χ2v) is 7.68. The Kier molecular flexibility index (Phi) is 6.37. The Morgan fingerprint density at radius 3 is 2.54 bits per heavy atom. The normalized spacial score (nSPS) is 16.1. The van der Waals surface area contributed by atoms with Gasteiger partial charge >= 0.3 is 0 Å². The van der Waals surface area contributed by atoms with Gasteiger partial charge in [0, 0.05) is 25.8 Å². The molecule has 0 radical (unpaired) electrons. The highest BCUT2D eigenvalue weighted by atomic mass is 16.5. The van der Waals surface area contributed by atoms with Crippen molar-refractivity contribution in [3.63, 3.8) is 0 Å². The minimum atomic E-state index is -0.909. The first kappa shape index (κ1) is 20.4. The molecule has 1 aliphatic heterocycles. The SMILES string of the molecule is COCc1cccc(C(=O)N2CCC(O)(COc3ccc(C)c(C)c3)CC2)c1. The van der Waals surface area contributed by atoms with E-state index in [0.29, 0.717) is 38.1 Å². The van der Waals surface area contributed by atoms with E-state index in [0.717, 1.165) is 11.3 Å². The number of piperidine rings is 1. The summed E-state index contributed by atoms with van der Waals surface area (Å²) in [6.07, 6.45) is 1.00. The Morgan fingerprint density at radius 2 is 1.86 bits per heavy atom. The van der Waals surface area contributed by atoms with Gasteiger partial charge in [-0.3, -0.25) is 4.79 Å². The van der Waals surface area contributed by atoms with Crippen LogP contribution in [0, 0.1) is 13.8 Å². The van der Waals surface area contributed by atoms with E-state index in [2.05, 4.69) is 6.92 Å². The molecule has 1 heterocycles. The van der Waals surface area contributed by atoms with Crippen molar-refractivity contribution in [1.82, 2.24) is 4.90 Å². The van der Waals surface area contributed by atoms with Gasteiger partial charge in [0.2, 0.25) is 0 Å². The molecule has 0 atom stereocenters. The smallest absolute Gasteiger partial charge is 0.253 e. The number of likely N-dealkylation sites (tertiary alicyclic amines) is 1. The van der Waals surface area contributed by atoms with Gasteiger partial charge in [-0.15, -0.1) is 0 Å². The van der Waals surface area contributed by atoms with Crippen molar-refractivity contribution in [3.8, 4) is 5.75 Å². The fraction of sp³-hybridized carbons (Fsp3) is 0.435. The lowest BCUT2D eigenvalue weighted by Gasteiger charge is -2.38. The summed E-state index contributed by atoms with van der Waals surface area (Å²) in [5.74, 6) is 0.764. The standard InChI is InChI=1S/C23H29NO4/c1-17-7-8-21(13-18(17)2)28-16-23(26)9-11-24(12-10-23)22(25)20-6-4-5-19(14-20)15-27-3/h4-8,13-14,26H,9-12,15-16H2,1-3H3. The van der Waals surface area contributed by atoms with Gasteiger partial charge in [0.05, 0.1) is 6.61 Å². The van der Waals surface area contributed by atoms with Crippen molar-refractivity contribution >= 4 is 5.91 Å². The monoisotopic (exact) mass is 383 g/mol. The summed E-state index contributed by atoms with van der Waals surface area (Å²) in [4.78, 5) is 14.6. The zero-order chi connectivity index (χ0) is 20.1. The molecule has 0 aromatic heterocycles. The Hall–Kier alpha value is -2.37. The fourth-order valence-electron chi connectivity index (χ4n) is 3.44. The number of benzene rings is 2. The van der Waals surface area contributed by atoms with E-state index in [4.69, 9.17) is 9.47 Å². The number of hydrogen-bond acceptors (Lipinski definition) is 4. The van der Waals surface area contributed by atoms with Crippen LogP contribution in [-0.4, -0.2) is 48.3 Å². The zero-order valence-electron chi connectivity index (χ0n) is 16.9. The van der Waals surface area contributed by atoms with Gasteiger partial charge in [0.15, 0.2) is 0 Å². The number of methoxy groups -OCH3 is 1. The van der Waals surface area contributed by atoms with E-state index in [1.807, 2.05) is 49.4 Å². The molecule has 2 aromatic rings. The summed E-state index contributed by atoms with van der Waals surface area (Å²) in [6, 6.07) is 13.5. The van der Waals surface area contributed by atoms with E-state index < -0.39 is 5.60 Å². The van der Waals surface area contributed by atoms with Crippen LogP contribution in [0.1, 0.15) is 39.9 Å². The summed E-state index contributed by atoms with van der Waals surface area (Å²) in [6.45, 7) is 5.85. The lowest BCUT2D eigenvalue weighted by atomic mass is 9.92. The van der Waals surface area contributed by atoms with E-state index in [9.17, 15) is 9.90 Å². The molecule has 5 nitrogen and oxygen atoms in total. The number of carbonyl (C=O) groups is 1. The van der Waals surface area contributed by atoms with Crippen molar-refractivity contribution in [1.29, 1.82) is 0 Å². The number of carbonyl (C=O) groups excluding carboxylic acids is 1. The highest BCUT2D eigenvalue weighted by molar-refractivity contribution is 5.94. The average Bonchev–Trinajstić information content (AvgIpc) is 2.70. The number of ether oxygens (including phenoxy) is 2. The molecule has 150 valence electrons. The lowest BCUT2D eigenvalue weighted by Crippen LogP contribution is -2.49. The van der Waals surface area contributed by atoms with Crippen LogP contribution in [0.2, 0.25) is 0 Å². The minimum absolute atomic E-state index is 0.00455. The van der Waals surface area contributed by atoms with Crippen LogP contribution in [-0.2, 0) is 11.3 Å². The predicted molar refractivity (Wildman–Crippen MR) is 109 cm³/mol. The number of nitrogens with zero attached hydrogens (tertiary/aromatic N) is 1. The molecular formula is C23H29NO4. The molecular weight excluding hydrogens is 354 g/mol. The summed E-state index contributed by atoms with van der Waals surface area (Å²) in [5.41, 5.74) is 3.11. The molecule has 0 bridgehead atoms. The highest BCUT2D eigenvalue weighted by Crippen LogP contribution is 2.26. The third-order valence-corrected chi connectivity index (χ3v) is 5.45. The molecule has 0 saturated carbocycles. The molecule has 1 aliphatic rings. The Labute approximate surface area is 166 Å². The molecule has 28 heavy (non-hydrogen) atoms. The fourth-order valence-corrected chi connectivity index (χ4v) is 3.44. The number of amides is 1. The van der Waals surface area contributed by atoms with E-state index >= 15 is 0 Å². The number of aliphatic hydroxyl groups is 1. The number of aryl methyl sites for hydroxylation is 2. The number of rotatable bonds is 6. The topological polar surface area (TPSA) is 59.0 Å². The van der Waals surface area contributed by atoms with Crippen molar-refractivity contribution in [3.05, 3.63) is 64.7 Å². The van der Waals surface area contributed by atoms with Crippen LogP contribution in [0.5, 0.6) is 5.75 Å². The second kappa shape index (κ2) is 8.76. The van der Waals surface area contributed by atoms with E-state index in [1.54, 1.807) is 12.0 Å². The summed E-state index contributed by atoms with van der Waals surface area (Å²) in [5, 5.41) is 10.9. The van der Waals surface area contributed by atoms with Crippen molar-refractivity contribution in [2.24, 2.45) is 0 Å². The zero-order valence-corrected chi connectivity index (χ0v) is 16.9. The first-order valence-corrected chi connectivity index (χ1v) is 9.70. The van der Waals surface area contributed by atoms with Gasteiger partial charge < -0.3 is 19.5 Å². The third kappa shape index (κ3) is 4.91. The molecule has 1 saturated heterocycles. The van der Waals surface area contributed by atoms with Crippen LogP contribution in [0.3, 0.4) is 0 Å². The Balaban J connectivity index is 1.56. The average molecular weight is 383 g/mol. The van der Waals surface area contributed by atoms with Gasteiger partial charge in [0.25, 0.3) is 5.91 Å². The first-order chi connectivity index (χ1) is 13.4. The summed E-state index contributed by atoms with van der Waals surface area (Å²) >= 11 is 0. The molecule has 5 heteroatoms. The van der Waals surface area contributed by atoms with Gasteiger partial charge in [-0.2, -0.15) is 0 Å². The van der Waals surface area contributed by atoms with Gasteiger partial charge in [-0.25, -0.2) is 0 Å². The Morgan fingerprint density at radius 1 is 1.11 bits per heavy atom. The maximum Gasteiger partial charge on any atom is 0.253 e. The molecule has 0 spiro atoms. The molecule has 1 N–H and O–H groups in total. The number of hydrogen-bond donors (Lipinski definition) is 1. The lowest BCUT2D eigenvalue weighted by molar-refractivity contribution is -0.0475. The first-order valence-electron chi connectivity index (χ1n) is 9.70. The van der Waals surface area contributed by atoms with Crippen LogP contribution in [0.4, 0.5) is 0 Å². The Bertz CT molecular complexity index is 825. The summed E-state index contributed by atoms with van der Waals surface area (Å²) < 4.78 is 11.0. The molecule has 0 unspecified atom stereocenters. The van der Waals surface area contributed by atoms with Crippen molar-refractivity contribution in [2.45, 2.75) is 38.9 Å². The quantitative estimate of drug-likeness (QED) is 0.830. The molecule has 1 fully saturated rings. The minimum Gasteiger partial charge on any atom is -0.491 e. The largest absolute Gasteiger partial charge is 0.491 e. The van der Waals surface area contributed by atoms with E-state index in [1.165, 1.54) is 11.1 Å². The van der Waals surface area contributed by atoms with Crippen molar-refractivity contribution < 1.29 is 19.4 Å². The predicted octanol–water partition coefficient (Wildman–Crippen LogP) is 3.50. The van der Waals surface area contributed by atoms with E-state index in [-0.39, 0.29) is 12.5 Å². The van der Waals surface area contributed by atoms with Gasteiger partial charge in [-0.05, 0) is 67.6 Å². The van der Waals surface area contributed by atoms with Crippen LogP contribution < -0.4 is 4.74 Å². The van der Waals surface area contributed by atoms with Crippen LogP contribution in [0.15, 0.2) is 42.5 Å². The van der Waals surface area contributed by atoms with Gasteiger partial charge in [-0.1, -0.05) is 18.2 Å². The second-order valence-electron chi connectivity index (χ2n) is 7.68. The molecule has 0 aliphatic carbocycles. The highest BCUT2D eigenvalue weighted by Gasteiger charge is 2.35. The van der Waals surface area contributed by atoms with Gasteiger partial charge in [0.1, 0.15) is 18.0 Å².